The Morgan fingerprint density at radius 3 is 2.30 bits per heavy atom. The van der Waals surface area contributed by atoms with E-state index in [1.54, 1.807) is 26.4 Å². The third-order valence-corrected chi connectivity index (χ3v) is 4.84. The second kappa shape index (κ2) is 9.69. The lowest BCUT2D eigenvalue weighted by Crippen LogP contribution is -2.23. The van der Waals surface area contributed by atoms with Crippen molar-refractivity contribution in [3.8, 4) is 17.2 Å². The van der Waals surface area contributed by atoms with Gasteiger partial charge in [-0.15, -0.1) is 0 Å². The molecule has 0 saturated carbocycles. The number of anilines is 1. The number of aromatic carboxylic acids is 1. The first kappa shape index (κ1) is 21.0. The van der Waals surface area contributed by atoms with Crippen LogP contribution in [0.25, 0.3) is 0 Å². The highest BCUT2D eigenvalue weighted by atomic mass is 16.5. The monoisotopic (exact) mass is 407 g/mol. The van der Waals surface area contributed by atoms with E-state index < -0.39 is 5.97 Å². The van der Waals surface area contributed by atoms with Gasteiger partial charge in [0.1, 0.15) is 22.8 Å². The van der Waals surface area contributed by atoms with Gasteiger partial charge >= 0.3 is 5.97 Å². The van der Waals surface area contributed by atoms with Gasteiger partial charge in [0.2, 0.25) is 0 Å². The van der Waals surface area contributed by atoms with Crippen molar-refractivity contribution < 1.29 is 24.1 Å². The molecule has 0 aromatic heterocycles. The van der Waals surface area contributed by atoms with Gasteiger partial charge in [-0.3, -0.25) is 0 Å². The minimum Gasteiger partial charge on any atom is -0.497 e. The van der Waals surface area contributed by atoms with Crippen LogP contribution in [0.2, 0.25) is 0 Å². The smallest absolute Gasteiger partial charge is 0.339 e. The van der Waals surface area contributed by atoms with Crippen LogP contribution in [0, 0.1) is 0 Å². The molecule has 0 radical (unpaired) electrons. The Hall–Kier alpha value is -3.67. The number of hydrogen-bond acceptors (Lipinski definition) is 5. The van der Waals surface area contributed by atoms with Crippen LogP contribution in [0.15, 0.2) is 66.7 Å². The van der Waals surface area contributed by atoms with Crippen molar-refractivity contribution in [2.75, 3.05) is 26.2 Å². The molecule has 156 valence electrons. The summed E-state index contributed by atoms with van der Waals surface area (Å²) in [4.78, 5) is 13.8. The van der Waals surface area contributed by atoms with Crippen molar-refractivity contribution in [3.05, 3.63) is 83.4 Å². The van der Waals surface area contributed by atoms with E-state index in [0.717, 1.165) is 28.3 Å². The number of nitrogens with zero attached hydrogens (tertiary/aromatic N) is 1. The zero-order valence-corrected chi connectivity index (χ0v) is 17.3. The Bertz CT molecular complexity index is 1020. The average molecular weight is 407 g/mol. The lowest BCUT2D eigenvalue weighted by atomic mass is 10.1. The maximum absolute atomic E-state index is 11.7. The fraction of sp³-hybridized carbons (Fsp3) is 0.208. The third kappa shape index (κ3) is 4.84. The summed E-state index contributed by atoms with van der Waals surface area (Å²) in [5.41, 5.74) is 2.92. The molecule has 3 rings (SSSR count). The third-order valence-electron chi connectivity index (χ3n) is 4.84. The van der Waals surface area contributed by atoms with Crippen LogP contribution in [0.1, 0.15) is 21.5 Å². The second-order valence-corrected chi connectivity index (χ2v) is 6.71. The van der Waals surface area contributed by atoms with Crippen molar-refractivity contribution >= 4 is 11.7 Å². The first-order valence-corrected chi connectivity index (χ1v) is 9.46. The largest absolute Gasteiger partial charge is 0.497 e. The zero-order valence-electron chi connectivity index (χ0n) is 17.3. The molecule has 3 aromatic rings. The van der Waals surface area contributed by atoms with E-state index in [-0.39, 0.29) is 5.56 Å². The van der Waals surface area contributed by atoms with Gasteiger partial charge in [0, 0.05) is 24.3 Å². The minimum atomic E-state index is -1.03. The lowest BCUT2D eigenvalue weighted by molar-refractivity contribution is 0.0693. The molecule has 0 saturated heterocycles. The topological polar surface area (TPSA) is 68.2 Å². The van der Waals surface area contributed by atoms with Gasteiger partial charge in [-0.25, -0.2) is 4.79 Å². The summed E-state index contributed by atoms with van der Waals surface area (Å²) in [5, 5.41) is 9.60. The van der Waals surface area contributed by atoms with Gasteiger partial charge in [0.25, 0.3) is 0 Å². The van der Waals surface area contributed by atoms with Crippen LogP contribution in [0.5, 0.6) is 17.2 Å². The molecule has 3 aromatic carbocycles. The maximum atomic E-state index is 11.7. The summed E-state index contributed by atoms with van der Waals surface area (Å²) in [6.07, 6.45) is 0. The number of carboxylic acid groups (broad SMARTS) is 1. The number of hydrogen-bond donors (Lipinski definition) is 1. The molecule has 0 bridgehead atoms. The SMILES string of the molecule is COc1cccc(CN(Cc2ccccc2OC)c2ccc(OC)c(C(=O)O)c2)c1. The molecular weight excluding hydrogens is 382 g/mol. The van der Waals surface area contributed by atoms with E-state index in [1.807, 2.05) is 54.6 Å². The molecule has 1 N–H and O–H groups in total. The fourth-order valence-corrected chi connectivity index (χ4v) is 3.33. The van der Waals surface area contributed by atoms with Crippen molar-refractivity contribution in [2.24, 2.45) is 0 Å². The van der Waals surface area contributed by atoms with Gasteiger partial charge < -0.3 is 24.2 Å². The Labute approximate surface area is 176 Å². The van der Waals surface area contributed by atoms with Gasteiger partial charge in [0.05, 0.1) is 21.3 Å². The van der Waals surface area contributed by atoms with Crippen LogP contribution < -0.4 is 19.1 Å². The highest BCUT2D eigenvalue weighted by molar-refractivity contribution is 5.92. The van der Waals surface area contributed by atoms with Crippen LogP contribution in [0.4, 0.5) is 5.69 Å². The molecule has 0 amide bonds. The second-order valence-electron chi connectivity index (χ2n) is 6.71. The van der Waals surface area contributed by atoms with E-state index >= 15 is 0 Å². The lowest BCUT2D eigenvalue weighted by Gasteiger charge is -2.27. The summed E-state index contributed by atoms with van der Waals surface area (Å²) in [5.74, 6) is 0.836. The maximum Gasteiger partial charge on any atom is 0.339 e. The fourth-order valence-electron chi connectivity index (χ4n) is 3.33. The van der Waals surface area contributed by atoms with Gasteiger partial charge in [0.15, 0.2) is 0 Å². The highest BCUT2D eigenvalue weighted by Gasteiger charge is 2.17. The van der Waals surface area contributed by atoms with Gasteiger partial charge in [-0.05, 0) is 42.0 Å². The average Bonchev–Trinajstić information content (AvgIpc) is 2.78. The summed E-state index contributed by atoms with van der Waals surface area (Å²) in [6.45, 7) is 1.09. The molecule has 6 nitrogen and oxygen atoms in total. The number of rotatable bonds is 9. The molecule has 0 unspecified atom stereocenters. The molecule has 0 fully saturated rings. The van der Waals surface area contributed by atoms with Gasteiger partial charge in [-0.1, -0.05) is 30.3 Å². The quantitative estimate of drug-likeness (QED) is 0.558. The first-order valence-electron chi connectivity index (χ1n) is 9.46. The first-order chi connectivity index (χ1) is 14.5. The predicted octanol–water partition coefficient (Wildman–Crippen LogP) is 4.62. The molecule has 0 aliphatic carbocycles. The Morgan fingerprint density at radius 2 is 1.60 bits per heavy atom. The molecule has 0 atom stereocenters. The van der Waals surface area contributed by atoms with E-state index in [2.05, 4.69) is 4.90 Å². The van der Waals surface area contributed by atoms with Crippen LogP contribution >= 0.6 is 0 Å². The predicted molar refractivity (Wildman–Crippen MR) is 116 cm³/mol. The van der Waals surface area contributed by atoms with E-state index in [9.17, 15) is 9.90 Å². The standard InChI is InChI=1S/C24H25NO5/c1-28-20-9-6-7-17(13-20)15-25(16-18-8-4-5-10-22(18)29-2)19-11-12-23(30-3)21(14-19)24(26)27/h4-14H,15-16H2,1-3H3,(H,26,27). The van der Waals surface area contributed by atoms with Crippen LogP contribution in [-0.2, 0) is 13.1 Å². The van der Waals surface area contributed by atoms with E-state index in [4.69, 9.17) is 14.2 Å². The number of methoxy groups -OCH3 is 3. The normalized spacial score (nSPS) is 10.4. The van der Waals surface area contributed by atoms with Gasteiger partial charge in [-0.2, -0.15) is 0 Å². The Morgan fingerprint density at radius 1 is 0.833 bits per heavy atom. The molecule has 6 heteroatoms. The van der Waals surface area contributed by atoms with Crippen LogP contribution in [0.3, 0.4) is 0 Å². The number of para-hydroxylation sites is 1. The summed E-state index contributed by atoms with van der Waals surface area (Å²) in [6, 6.07) is 20.8. The minimum absolute atomic E-state index is 0.116. The Balaban J connectivity index is 2.02. The van der Waals surface area contributed by atoms with Crippen molar-refractivity contribution in [3.63, 3.8) is 0 Å². The number of benzene rings is 3. The highest BCUT2D eigenvalue weighted by Crippen LogP contribution is 2.29. The zero-order chi connectivity index (χ0) is 21.5. The van der Waals surface area contributed by atoms with Crippen molar-refractivity contribution in [1.29, 1.82) is 0 Å². The van der Waals surface area contributed by atoms with E-state index in [1.165, 1.54) is 7.11 Å². The summed E-state index contributed by atoms with van der Waals surface area (Å²) < 4.78 is 16.1. The van der Waals surface area contributed by atoms with Crippen molar-refractivity contribution in [1.82, 2.24) is 0 Å². The van der Waals surface area contributed by atoms with Crippen LogP contribution in [-0.4, -0.2) is 32.4 Å². The molecule has 0 heterocycles. The molecule has 30 heavy (non-hydrogen) atoms. The van der Waals surface area contributed by atoms with E-state index in [0.29, 0.717) is 18.8 Å². The molecular formula is C24H25NO5. The summed E-state index contributed by atoms with van der Waals surface area (Å²) in [7, 11) is 4.74. The number of ether oxygens (including phenoxy) is 3. The Kier molecular flexibility index (Phi) is 6.80. The number of carboxylic acids is 1. The molecule has 0 aliphatic heterocycles. The molecule has 0 spiro atoms. The van der Waals surface area contributed by atoms with Crippen molar-refractivity contribution in [2.45, 2.75) is 13.1 Å². The summed E-state index contributed by atoms with van der Waals surface area (Å²) >= 11 is 0. The number of carbonyl (C=O) groups is 1. The molecule has 0 aliphatic rings.